The van der Waals surface area contributed by atoms with E-state index in [9.17, 15) is 17.3 Å². The van der Waals surface area contributed by atoms with Crippen LogP contribution in [0.1, 0.15) is 5.56 Å². The molecule has 1 rings (SSSR count). The molecule has 3 nitrogen and oxygen atoms in total. The van der Waals surface area contributed by atoms with Crippen molar-refractivity contribution in [2.75, 3.05) is 5.73 Å². The Labute approximate surface area is 84.4 Å². The highest BCUT2D eigenvalue weighted by Crippen LogP contribution is 2.06. The molecule has 0 heterocycles. The van der Waals surface area contributed by atoms with Gasteiger partial charge in [-0.2, -0.15) is 0 Å². The summed E-state index contributed by atoms with van der Waals surface area (Å²) in [6, 6.07) is 7.79. The molecule has 0 aliphatic carbocycles. The summed E-state index contributed by atoms with van der Waals surface area (Å²) in [5.74, 6) is 0. The van der Waals surface area contributed by atoms with Crippen molar-refractivity contribution in [1.82, 2.24) is 0 Å². The lowest BCUT2D eigenvalue weighted by atomic mass is 10.2. The predicted molar refractivity (Wildman–Crippen MR) is 48.5 cm³/mol. The number of hydrogen-bond donors (Lipinski definition) is 2. The van der Waals surface area contributed by atoms with Crippen LogP contribution in [0.5, 0.6) is 0 Å². The van der Waals surface area contributed by atoms with Crippen LogP contribution in [0.3, 0.4) is 0 Å². The molecule has 1 aromatic carbocycles. The molecular weight excluding hydrogens is 213 g/mol. The highest BCUT2D eigenvalue weighted by atomic mass is 19.5. The minimum absolute atomic E-state index is 0.829. The van der Waals surface area contributed by atoms with Gasteiger partial charge in [0.2, 0.25) is 5.39 Å². The van der Waals surface area contributed by atoms with E-state index in [0.29, 0.717) is 0 Å². The number of nitrogens with one attached hydrogen (secondary N) is 1. The Balaban J connectivity index is 0. The number of benzene rings is 1. The van der Waals surface area contributed by atoms with Gasteiger partial charge in [0.1, 0.15) is 0 Å². The first-order valence-corrected chi connectivity index (χ1v) is 3.71. The molecule has 0 spiro atoms. The molecule has 84 valence electrons. The molecule has 0 radical (unpaired) electrons. The van der Waals surface area contributed by atoms with E-state index in [-0.39, 0.29) is 0 Å². The third-order valence-electron chi connectivity index (χ3n) is 1.08. The maximum absolute atomic E-state index is 9.75. The van der Waals surface area contributed by atoms with Crippen molar-refractivity contribution in [2.24, 2.45) is 0 Å². The summed E-state index contributed by atoms with van der Waals surface area (Å²) in [5, 5.41) is 11.0. The van der Waals surface area contributed by atoms with Gasteiger partial charge in [-0.15, -0.1) is 0 Å². The molecule has 0 saturated carbocycles. The van der Waals surface area contributed by atoms with Gasteiger partial charge in [-0.1, -0.05) is 17.7 Å². The number of nitrogen functional groups attached to an aromatic ring is 1. The Bertz CT molecular complexity index is 256. The van der Waals surface area contributed by atoms with Crippen LogP contribution in [-0.2, 0) is 0 Å². The molecule has 8 heteroatoms. The van der Waals surface area contributed by atoms with Crippen LogP contribution in [0.25, 0.3) is 0 Å². The van der Waals surface area contributed by atoms with Crippen molar-refractivity contribution in [3.05, 3.63) is 29.8 Å². The molecule has 0 saturated heterocycles. The van der Waals surface area contributed by atoms with E-state index in [0.717, 1.165) is 5.69 Å². The average Bonchev–Trinajstić information content (AvgIpc) is 2.11. The number of nitrogens with two attached hydrogens (primary N) is 1. The molecular formula is C7H10BF4N3. The summed E-state index contributed by atoms with van der Waals surface area (Å²) in [5.41, 5.74) is 7.51. The van der Waals surface area contributed by atoms with Gasteiger partial charge in [0.25, 0.3) is 0 Å². The molecule has 0 aliphatic heterocycles. The lowest BCUT2D eigenvalue weighted by molar-refractivity contribution is -0.175. The van der Waals surface area contributed by atoms with Gasteiger partial charge >= 0.3 is 7.25 Å². The molecule has 0 bridgehead atoms. The molecule has 0 aliphatic rings. The monoisotopic (exact) mass is 223 g/mol. The molecule has 1 aromatic rings. The van der Waals surface area contributed by atoms with Gasteiger partial charge in [0.05, 0.1) is 5.39 Å². The first-order chi connectivity index (χ1) is 6.79. The van der Waals surface area contributed by atoms with E-state index in [2.05, 4.69) is 0 Å². The zero-order valence-electron chi connectivity index (χ0n) is 7.92. The first kappa shape index (κ1) is 15.7. The minimum atomic E-state index is -6.00. The Morgan fingerprint density at radius 2 is 1.33 bits per heavy atom. The summed E-state index contributed by atoms with van der Waals surface area (Å²) >= 11 is 0. The van der Waals surface area contributed by atoms with E-state index in [1.54, 1.807) is 0 Å². The Morgan fingerprint density at radius 3 is 1.53 bits per heavy atom. The van der Waals surface area contributed by atoms with Crippen LogP contribution >= 0.6 is 0 Å². The summed E-state index contributed by atoms with van der Waals surface area (Å²) in [7, 11) is -6.00. The fraction of sp³-hybridized carbons (Fsp3) is 0.143. The fourth-order valence-corrected chi connectivity index (χ4v) is 0.566. The van der Waals surface area contributed by atoms with Crippen LogP contribution in [-0.4, -0.2) is 7.25 Å². The van der Waals surface area contributed by atoms with Crippen LogP contribution < -0.4 is 11.1 Å². The lowest BCUT2D eigenvalue weighted by Gasteiger charge is -1.94. The number of rotatable bonds is 0. The van der Waals surface area contributed by atoms with Crippen molar-refractivity contribution < 1.29 is 22.7 Å². The van der Waals surface area contributed by atoms with Crippen LogP contribution in [0, 0.1) is 12.3 Å². The average molecular weight is 223 g/mol. The number of anilines is 1. The molecule has 0 aromatic heterocycles. The maximum atomic E-state index is 9.75. The number of nitrogens with zero attached hydrogens (tertiary/aromatic N) is 1. The Kier molecular flexibility index (Phi) is 7.96. The molecule has 0 fully saturated rings. The summed E-state index contributed by atoms with van der Waals surface area (Å²) in [6.07, 6.45) is 0. The van der Waals surface area contributed by atoms with Crippen molar-refractivity contribution in [1.29, 1.82) is 5.39 Å². The van der Waals surface area contributed by atoms with Crippen LogP contribution in [0.2, 0.25) is 0 Å². The van der Waals surface area contributed by atoms with Crippen LogP contribution in [0.4, 0.5) is 23.0 Å². The van der Waals surface area contributed by atoms with Gasteiger partial charge in [-0.3, -0.25) is 0 Å². The standard InChI is InChI=1S/C7H9N.BF4.N2/c1-6-2-4-7(8)5-3-6;2-1(3,4)5;1-2/h2-5H,8H2,1H3;;/q;-1;/p+1. The van der Waals surface area contributed by atoms with Crippen molar-refractivity contribution in [3.8, 4) is 0 Å². The van der Waals surface area contributed by atoms with E-state index >= 15 is 0 Å². The second-order valence-electron chi connectivity index (χ2n) is 2.41. The highest BCUT2D eigenvalue weighted by Gasteiger charge is 2.20. The topological polar surface area (TPSA) is 73.6 Å². The van der Waals surface area contributed by atoms with E-state index < -0.39 is 7.25 Å². The van der Waals surface area contributed by atoms with Crippen LogP contribution in [0.15, 0.2) is 24.3 Å². The van der Waals surface area contributed by atoms with Gasteiger partial charge in [0.15, 0.2) is 0 Å². The van der Waals surface area contributed by atoms with Crippen molar-refractivity contribution in [3.63, 3.8) is 0 Å². The van der Waals surface area contributed by atoms with E-state index in [1.807, 2.05) is 31.2 Å². The zero-order chi connectivity index (χ0) is 12.5. The highest BCUT2D eigenvalue weighted by molar-refractivity contribution is 6.50. The molecule has 3 N–H and O–H groups in total. The number of hydrogen-bond acceptors (Lipinski definition) is 2. The second-order valence-corrected chi connectivity index (χ2v) is 2.41. The Hall–Kier alpha value is -1.78. The van der Waals surface area contributed by atoms with Gasteiger partial charge in [-0.05, 0) is 19.1 Å². The minimum Gasteiger partial charge on any atom is -0.418 e. The molecule has 15 heavy (non-hydrogen) atoms. The number of diazo groups is 1. The number of aryl methyl sites for hydroxylation is 1. The quantitative estimate of drug-likeness (QED) is 0.299. The summed E-state index contributed by atoms with van der Waals surface area (Å²) in [6.45, 7) is 2.04. The van der Waals surface area contributed by atoms with Gasteiger partial charge in [-0.25, -0.2) is 0 Å². The third kappa shape index (κ3) is 18.9. The maximum Gasteiger partial charge on any atom is 0.673 e. The molecule has 0 unspecified atom stereocenters. The van der Waals surface area contributed by atoms with E-state index in [4.69, 9.17) is 16.5 Å². The first-order valence-electron chi connectivity index (χ1n) is 3.71. The van der Waals surface area contributed by atoms with Crippen molar-refractivity contribution >= 4 is 12.9 Å². The predicted octanol–water partition coefficient (Wildman–Crippen LogP) is 1.16. The van der Waals surface area contributed by atoms with Gasteiger partial charge in [0, 0.05) is 5.69 Å². The second kappa shape index (κ2) is 7.61. The van der Waals surface area contributed by atoms with E-state index in [1.165, 1.54) is 5.56 Å². The normalized spacial score (nSPS) is 9.00. The Morgan fingerprint density at radius 1 is 1.07 bits per heavy atom. The molecule has 0 amide bonds. The molecule has 0 atom stereocenters. The summed E-state index contributed by atoms with van der Waals surface area (Å²) in [4.78, 5) is 0. The number of halogens is 4. The lowest BCUT2D eigenvalue weighted by Crippen LogP contribution is -2.11. The third-order valence-corrected chi connectivity index (χ3v) is 1.08. The fourth-order valence-electron chi connectivity index (χ4n) is 0.566. The zero-order valence-corrected chi connectivity index (χ0v) is 7.92. The largest absolute Gasteiger partial charge is 0.673 e. The smallest absolute Gasteiger partial charge is 0.418 e. The van der Waals surface area contributed by atoms with Gasteiger partial charge < -0.3 is 23.0 Å². The SMILES string of the molecule is Cc1ccc(N)cc1.F[B-](F)(F)F.N#[NH+]. The van der Waals surface area contributed by atoms with Crippen molar-refractivity contribution in [2.45, 2.75) is 6.92 Å². The summed E-state index contributed by atoms with van der Waals surface area (Å²) < 4.78 is 39.0.